The van der Waals surface area contributed by atoms with Crippen LogP contribution in [0.3, 0.4) is 0 Å². The average molecular weight is 505 g/mol. The van der Waals surface area contributed by atoms with Gasteiger partial charge in [0.15, 0.2) is 0 Å². The third kappa shape index (κ3) is 7.52. The number of nitro groups is 1. The van der Waals surface area contributed by atoms with Crippen molar-refractivity contribution in [3.63, 3.8) is 0 Å². The van der Waals surface area contributed by atoms with E-state index in [0.29, 0.717) is 24.6 Å². The number of hydrogen-bond donors (Lipinski definition) is 3. The summed E-state index contributed by atoms with van der Waals surface area (Å²) in [6.07, 6.45) is 0.881. The van der Waals surface area contributed by atoms with Gasteiger partial charge in [0.25, 0.3) is 11.6 Å². The number of nitrogens with two attached hydrogens (primary N) is 1. The number of anilines is 2. The van der Waals surface area contributed by atoms with Gasteiger partial charge < -0.3 is 25.6 Å². The Morgan fingerprint density at radius 1 is 1.03 bits per heavy atom. The zero-order valence-electron chi connectivity index (χ0n) is 21.2. The predicted molar refractivity (Wildman–Crippen MR) is 145 cm³/mol. The monoisotopic (exact) mass is 504 g/mol. The average Bonchev–Trinajstić information content (AvgIpc) is 2.88. The van der Waals surface area contributed by atoms with E-state index in [9.17, 15) is 14.9 Å². The van der Waals surface area contributed by atoms with Gasteiger partial charge in [-0.3, -0.25) is 20.3 Å². The number of ether oxygens (including phenoxy) is 1. The van der Waals surface area contributed by atoms with E-state index in [1.54, 1.807) is 24.3 Å². The summed E-state index contributed by atoms with van der Waals surface area (Å²) in [5, 5.41) is 22.6. The first kappa shape index (κ1) is 27.2. The Morgan fingerprint density at radius 2 is 1.76 bits per heavy atom. The molecular formula is C27H32N6O4. The van der Waals surface area contributed by atoms with Gasteiger partial charge in [0, 0.05) is 36.6 Å². The van der Waals surface area contributed by atoms with Gasteiger partial charge in [-0.2, -0.15) is 0 Å². The van der Waals surface area contributed by atoms with E-state index in [0.717, 1.165) is 18.5 Å². The van der Waals surface area contributed by atoms with E-state index < -0.39 is 10.8 Å². The molecule has 10 nitrogen and oxygen atoms in total. The Morgan fingerprint density at radius 3 is 2.43 bits per heavy atom. The molecule has 0 bridgehead atoms. The summed E-state index contributed by atoms with van der Waals surface area (Å²) in [7, 11) is 5.81. The van der Waals surface area contributed by atoms with Gasteiger partial charge >= 0.3 is 0 Å². The maximum atomic E-state index is 12.9. The Labute approximate surface area is 216 Å². The normalized spacial score (nSPS) is 10.7. The Balaban J connectivity index is 1.73. The number of rotatable bonds is 11. The van der Waals surface area contributed by atoms with Crippen LogP contribution in [-0.2, 0) is 6.61 Å². The van der Waals surface area contributed by atoms with Crippen molar-refractivity contribution in [2.45, 2.75) is 13.0 Å². The molecule has 0 saturated heterocycles. The lowest BCUT2D eigenvalue weighted by Gasteiger charge is -2.20. The molecule has 1 amide bonds. The molecule has 0 aliphatic rings. The summed E-state index contributed by atoms with van der Waals surface area (Å²) in [6.45, 7) is 1.91. The number of nitrogen functional groups attached to an aromatic ring is 1. The first-order valence-electron chi connectivity index (χ1n) is 11.8. The van der Waals surface area contributed by atoms with Crippen LogP contribution in [0.2, 0.25) is 0 Å². The van der Waals surface area contributed by atoms with E-state index in [2.05, 4.69) is 10.2 Å². The predicted octanol–water partition coefficient (Wildman–Crippen LogP) is 3.90. The minimum Gasteiger partial charge on any atom is -0.489 e. The first-order chi connectivity index (χ1) is 17.7. The topological polar surface area (TPSA) is 138 Å². The molecule has 37 heavy (non-hydrogen) atoms. The Bertz CT molecular complexity index is 1260. The lowest BCUT2D eigenvalue weighted by molar-refractivity contribution is -0.385. The van der Waals surface area contributed by atoms with Crippen LogP contribution in [0.4, 0.5) is 17.1 Å². The number of carbonyl (C=O) groups excluding carboxylic acids is 1. The number of nitrogens with one attached hydrogen (secondary N) is 2. The van der Waals surface area contributed by atoms with Crippen LogP contribution in [0.1, 0.15) is 27.9 Å². The van der Waals surface area contributed by atoms with Crippen molar-refractivity contribution < 1.29 is 14.5 Å². The minimum atomic E-state index is -0.770. The van der Waals surface area contributed by atoms with Crippen LogP contribution in [0.5, 0.6) is 5.75 Å². The number of benzene rings is 3. The summed E-state index contributed by atoms with van der Waals surface area (Å²) in [4.78, 5) is 28.1. The summed E-state index contributed by atoms with van der Waals surface area (Å²) in [5.74, 6) is -0.583. The number of nitro benzene ring substituents is 1. The summed E-state index contributed by atoms with van der Waals surface area (Å²) in [5.41, 5.74) is 7.68. The molecule has 10 heteroatoms. The van der Waals surface area contributed by atoms with Crippen molar-refractivity contribution in [2.24, 2.45) is 0 Å². The first-order valence-corrected chi connectivity index (χ1v) is 11.8. The van der Waals surface area contributed by atoms with Gasteiger partial charge in [-0.15, -0.1) is 0 Å². The molecule has 0 aliphatic carbocycles. The number of nitrogens with zero attached hydrogens (tertiary/aromatic N) is 3. The molecule has 0 spiro atoms. The molecule has 0 unspecified atom stereocenters. The van der Waals surface area contributed by atoms with E-state index >= 15 is 0 Å². The minimum absolute atomic E-state index is 0.143. The molecular weight excluding hydrogens is 472 g/mol. The van der Waals surface area contributed by atoms with Gasteiger partial charge in [-0.1, -0.05) is 30.3 Å². The van der Waals surface area contributed by atoms with Crippen LogP contribution in [0.15, 0.2) is 66.7 Å². The van der Waals surface area contributed by atoms with Gasteiger partial charge in [-0.05, 0) is 63.0 Å². The molecule has 3 aromatic rings. The smallest absolute Gasteiger partial charge is 0.284 e. The van der Waals surface area contributed by atoms with Gasteiger partial charge in [0.1, 0.15) is 23.8 Å². The second kappa shape index (κ2) is 12.5. The van der Waals surface area contributed by atoms with Crippen molar-refractivity contribution in [3.05, 3.63) is 93.5 Å². The molecule has 0 aliphatic heterocycles. The molecule has 3 rings (SSSR count). The molecule has 0 fully saturated rings. The molecule has 0 heterocycles. The van der Waals surface area contributed by atoms with Crippen LogP contribution in [-0.4, -0.2) is 55.8 Å². The van der Waals surface area contributed by atoms with Crippen molar-refractivity contribution in [3.8, 4) is 5.75 Å². The largest absolute Gasteiger partial charge is 0.489 e. The van der Waals surface area contributed by atoms with E-state index in [1.807, 2.05) is 56.4 Å². The maximum absolute atomic E-state index is 12.9. The quantitative estimate of drug-likeness (QED) is 0.118. The SMILES string of the molecule is CN(C)CCCN(C)c1ccc(C(=O)NC(=N)c2cc(OCc3ccccc3)ccc2N)c([N+](=O)[O-])c1. The summed E-state index contributed by atoms with van der Waals surface area (Å²) in [6, 6.07) is 18.9. The third-order valence-electron chi connectivity index (χ3n) is 5.74. The lowest BCUT2D eigenvalue weighted by atomic mass is 10.1. The van der Waals surface area contributed by atoms with E-state index in [-0.39, 0.29) is 28.3 Å². The Kier molecular flexibility index (Phi) is 9.17. The van der Waals surface area contributed by atoms with E-state index in [4.69, 9.17) is 15.9 Å². The highest BCUT2D eigenvalue weighted by Crippen LogP contribution is 2.26. The molecule has 0 radical (unpaired) electrons. The fraction of sp³-hybridized carbons (Fsp3) is 0.259. The molecule has 194 valence electrons. The third-order valence-corrected chi connectivity index (χ3v) is 5.74. The summed E-state index contributed by atoms with van der Waals surface area (Å²) >= 11 is 0. The van der Waals surface area contributed by atoms with Crippen molar-refractivity contribution in [2.75, 3.05) is 44.9 Å². The highest BCUT2D eigenvalue weighted by Gasteiger charge is 2.23. The molecule has 3 aromatic carbocycles. The second-order valence-electron chi connectivity index (χ2n) is 8.89. The molecule has 0 saturated carbocycles. The van der Waals surface area contributed by atoms with Crippen LogP contribution >= 0.6 is 0 Å². The number of amidine groups is 1. The van der Waals surface area contributed by atoms with Crippen molar-refractivity contribution in [1.29, 1.82) is 5.41 Å². The highest BCUT2D eigenvalue weighted by atomic mass is 16.6. The second-order valence-corrected chi connectivity index (χ2v) is 8.89. The number of amides is 1. The molecule has 0 aromatic heterocycles. The molecule has 0 atom stereocenters. The maximum Gasteiger partial charge on any atom is 0.284 e. The van der Waals surface area contributed by atoms with Crippen LogP contribution < -0.4 is 20.7 Å². The van der Waals surface area contributed by atoms with Crippen LogP contribution in [0, 0.1) is 15.5 Å². The van der Waals surface area contributed by atoms with Gasteiger partial charge in [0.05, 0.1) is 4.92 Å². The molecule has 4 N–H and O–H groups in total. The van der Waals surface area contributed by atoms with Crippen molar-refractivity contribution >= 4 is 28.8 Å². The zero-order chi connectivity index (χ0) is 26.9. The van der Waals surface area contributed by atoms with Gasteiger partial charge in [-0.25, -0.2) is 0 Å². The van der Waals surface area contributed by atoms with Crippen LogP contribution in [0.25, 0.3) is 0 Å². The number of hydrogen-bond acceptors (Lipinski definition) is 8. The summed E-state index contributed by atoms with van der Waals surface area (Å²) < 4.78 is 5.79. The zero-order valence-corrected chi connectivity index (χ0v) is 21.2. The van der Waals surface area contributed by atoms with Gasteiger partial charge in [0.2, 0.25) is 0 Å². The highest BCUT2D eigenvalue weighted by molar-refractivity contribution is 6.14. The fourth-order valence-electron chi connectivity index (χ4n) is 3.68. The number of carbonyl (C=O) groups is 1. The fourth-order valence-corrected chi connectivity index (χ4v) is 3.68. The standard InChI is InChI=1S/C27H32N6O4/c1-31(2)14-7-15-32(3)20-10-12-22(25(16-20)33(35)36)27(34)30-26(29)23-17-21(11-13-24(23)28)37-18-19-8-5-4-6-9-19/h4-6,8-13,16-17H,7,14-15,18,28H2,1-3H3,(H2,29,30,34). The lowest BCUT2D eigenvalue weighted by Crippen LogP contribution is -2.31. The Hall–Kier alpha value is -4.44. The van der Waals surface area contributed by atoms with Crippen molar-refractivity contribution in [1.82, 2.24) is 10.2 Å². The van der Waals surface area contributed by atoms with E-state index in [1.165, 1.54) is 12.1 Å².